The molecule has 1 aliphatic rings. The van der Waals surface area contributed by atoms with Crippen molar-refractivity contribution in [3.8, 4) is 0 Å². The number of aliphatic carboxylic acids is 1. The van der Waals surface area contributed by atoms with Gasteiger partial charge in [-0.25, -0.2) is 4.79 Å². The summed E-state index contributed by atoms with van der Waals surface area (Å²) in [5.74, 6) is -3.10. The van der Waals surface area contributed by atoms with Gasteiger partial charge in [0.05, 0.1) is 6.61 Å². The molecule has 0 aliphatic carbocycles. The maximum Gasteiger partial charge on any atom is 0.335 e. The zero-order valence-electron chi connectivity index (χ0n) is 44.3. The molecule has 1 fully saturated rings. The Morgan fingerprint density at radius 1 is 0.464 bits per heavy atom. The number of aliphatic hydroxyl groups is 2. The molecule has 1 aliphatic heterocycles. The first-order valence-electron chi connectivity index (χ1n) is 28.7. The molecule has 1 rings (SSSR count). The molecular formula is C57H104O12. The van der Waals surface area contributed by atoms with E-state index in [4.69, 9.17) is 23.7 Å². The highest BCUT2D eigenvalue weighted by atomic mass is 16.7. The van der Waals surface area contributed by atoms with Crippen LogP contribution in [0.4, 0.5) is 0 Å². The Bertz CT molecular complexity index is 1260. The minimum Gasteiger partial charge on any atom is -0.479 e. The first-order valence-corrected chi connectivity index (χ1v) is 28.7. The molecule has 12 heteroatoms. The van der Waals surface area contributed by atoms with Crippen LogP contribution in [0, 0.1) is 0 Å². The summed E-state index contributed by atoms with van der Waals surface area (Å²) < 4.78 is 28.4. The molecule has 404 valence electrons. The van der Waals surface area contributed by atoms with Gasteiger partial charge in [0.1, 0.15) is 18.8 Å². The number of aliphatic hydroxyl groups excluding tert-OH is 2. The molecule has 6 atom stereocenters. The van der Waals surface area contributed by atoms with Gasteiger partial charge in [-0.3, -0.25) is 14.4 Å². The number of carboxylic acids is 1. The average Bonchev–Trinajstić information content (AvgIpc) is 3.33. The average molecular weight is 981 g/mol. The molecule has 0 aromatic rings. The minimum absolute atomic E-state index is 0.0679. The second kappa shape index (κ2) is 46.5. The van der Waals surface area contributed by atoms with E-state index in [-0.39, 0.29) is 25.9 Å². The number of carboxylic acid groups (broad SMARTS) is 1. The summed E-state index contributed by atoms with van der Waals surface area (Å²) in [4.78, 5) is 50.9. The van der Waals surface area contributed by atoms with Gasteiger partial charge in [0.15, 0.2) is 24.6 Å². The van der Waals surface area contributed by atoms with Crippen LogP contribution in [0.5, 0.6) is 0 Å². The van der Waals surface area contributed by atoms with Crippen molar-refractivity contribution < 1.29 is 58.2 Å². The third-order valence-corrected chi connectivity index (χ3v) is 13.3. The lowest BCUT2D eigenvalue weighted by molar-refractivity contribution is -0.301. The quantitative estimate of drug-likeness (QED) is 0.0228. The summed E-state index contributed by atoms with van der Waals surface area (Å²) in [5, 5.41) is 31.4. The van der Waals surface area contributed by atoms with Crippen molar-refractivity contribution in [2.45, 2.75) is 314 Å². The second-order valence-corrected chi connectivity index (χ2v) is 19.9. The molecule has 0 saturated carbocycles. The van der Waals surface area contributed by atoms with E-state index in [1.807, 2.05) is 0 Å². The SMILES string of the molecule is CCCCCC/C=C\CCCCCCCC(=O)OCC(COC1OC(C(=O)O)C(O)C(O)C1OC(=O)CCCCCCCCCCCCCCCCC)OC(=O)CCCCCCCCCCCCC. The van der Waals surface area contributed by atoms with Crippen molar-refractivity contribution in [2.24, 2.45) is 0 Å². The smallest absolute Gasteiger partial charge is 0.335 e. The highest BCUT2D eigenvalue weighted by molar-refractivity contribution is 5.74. The van der Waals surface area contributed by atoms with Crippen molar-refractivity contribution in [2.75, 3.05) is 13.2 Å². The molecule has 3 N–H and O–H groups in total. The maximum absolute atomic E-state index is 13.1. The lowest BCUT2D eigenvalue weighted by Gasteiger charge is -2.40. The van der Waals surface area contributed by atoms with Gasteiger partial charge in [0.25, 0.3) is 0 Å². The lowest BCUT2D eigenvalue weighted by atomic mass is 9.98. The molecule has 1 saturated heterocycles. The summed E-state index contributed by atoms with van der Waals surface area (Å²) in [5.41, 5.74) is 0. The normalized spacial score (nSPS) is 18.7. The van der Waals surface area contributed by atoms with Crippen LogP contribution in [0.3, 0.4) is 0 Å². The number of carbonyl (C=O) groups excluding carboxylic acids is 3. The molecule has 0 bridgehead atoms. The van der Waals surface area contributed by atoms with Crippen LogP contribution in [-0.2, 0) is 42.9 Å². The summed E-state index contributed by atoms with van der Waals surface area (Å²) in [6.45, 7) is 5.98. The van der Waals surface area contributed by atoms with E-state index in [1.54, 1.807) is 0 Å². The van der Waals surface area contributed by atoms with E-state index >= 15 is 0 Å². The minimum atomic E-state index is -1.90. The van der Waals surface area contributed by atoms with Crippen LogP contribution < -0.4 is 0 Å². The standard InChI is InChI=1S/C57H104O12/c1-4-7-10-13-16-19-22-24-25-27-30-33-36-39-42-45-51(60)68-55-53(62)52(61)54(56(63)64)69-57(55)66-47-48(67-50(59)44-41-38-35-32-28-21-18-15-12-9-6-3)46-65-49(58)43-40-37-34-31-29-26-23-20-17-14-11-8-5-2/h20,23,48,52-55,57,61-62H,4-19,21-22,24-47H2,1-3H3,(H,63,64)/b23-20-. The zero-order valence-corrected chi connectivity index (χ0v) is 44.3. The van der Waals surface area contributed by atoms with E-state index in [9.17, 15) is 34.5 Å². The third kappa shape index (κ3) is 37.0. The molecule has 0 radical (unpaired) electrons. The van der Waals surface area contributed by atoms with Crippen LogP contribution in [0.1, 0.15) is 278 Å². The molecule has 69 heavy (non-hydrogen) atoms. The summed E-state index contributed by atoms with van der Waals surface area (Å²) in [7, 11) is 0. The van der Waals surface area contributed by atoms with Gasteiger partial charge < -0.3 is 39.0 Å². The number of carbonyl (C=O) groups is 4. The van der Waals surface area contributed by atoms with Gasteiger partial charge in [-0.2, -0.15) is 0 Å². The molecule has 0 aromatic carbocycles. The van der Waals surface area contributed by atoms with Gasteiger partial charge in [-0.05, 0) is 44.9 Å². The number of esters is 3. The highest BCUT2D eigenvalue weighted by Crippen LogP contribution is 2.26. The van der Waals surface area contributed by atoms with Gasteiger partial charge >= 0.3 is 23.9 Å². The number of unbranched alkanes of at least 4 members (excludes halogenated alkanes) is 33. The van der Waals surface area contributed by atoms with Crippen molar-refractivity contribution >= 4 is 23.9 Å². The zero-order chi connectivity index (χ0) is 50.4. The van der Waals surface area contributed by atoms with Crippen LogP contribution in [0.15, 0.2) is 12.2 Å². The fraction of sp³-hybridized carbons (Fsp3) is 0.895. The Kier molecular flexibility index (Phi) is 43.5. The predicted molar refractivity (Wildman–Crippen MR) is 276 cm³/mol. The van der Waals surface area contributed by atoms with Gasteiger partial charge in [-0.15, -0.1) is 0 Å². The Morgan fingerprint density at radius 3 is 1.25 bits per heavy atom. The molecule has 6 unspecified atom stereocenters. The van der Waals surface area contributed by atoms with Crippen molar-refractivity contribution in [1.29, 1.82) is 0 Å². The van der Waals surface area contributed by atoms with Gasteiger partial charge in [0.2, 0.25) is 0 Å². The Balaban J connectivity index is 2.68. The highest BCUT2D eigenvalue weighted by Gasteiger charge is 2.50. The van der Waals surface area contributed by atoms with Crippen molar-refractivity contribution in [1.82, 2.24) is 0 Å². The Hall–Kier alpha value is -2.54. The largest absolute Gasteiger partial charge is 0.479 e. The summed E-state index contributed by atoms with van der Waals surface area (Å²) in [6, 6.07) is 0. The molecule has 0 amide bonds. The van der Waals surface area contributed by atoms with Crippen LogP contribution >= 0.6 is 0 Å². The van der Waals surface area contributed by atoms with Crippen LogP contribution in [0.2, 0.25) is 0 Å². The summed E-state index contributed by atoms with van der Waals surface area (Å²) >= 11 is 0. The first-order chi connectivity index (χ1) is 33.6. The van der Waals surface area contributed by atoms with E-state index in [2.05, 4.69) is 32.9 Å². The topological polar surface area (TPSA) is 175 Å². The monoisotopic (exact) mass is 981 g/mol. The van der Waals surface area contributed by atoms with Crippen LogP contribution in [-0.4, -0.2) is 89.2 Å². The van der Waals surface area contributed by atoms with E-state index < -0.39 is 67.3 Å². The fourth-order valence-electron chi connectivity index (χ4n) is 8.89. The Morgan fingerprint density at radius 2 is 0.826 bits per heavy atom. The number of ether oxygens (including phenoxy) is 5. The van der Waals surface area contributed by atoms with Crippen molar-refractivity contribution in [3.63, 3.8) is 0 Å². The molecular weight excluding hydrogens is 877 g/mol. The number of hydrogen-bond acceptors (Lipinski definition) is 11. The van der Waals surface area contributed by atoms with Gasteiger partial charge in [0, 0.05) is 19.3 Å². The molecule has 0 spiro atoms. The van der Waals surface area contributed by atoms with E-state index in [1.165, 1.54) is 141 Å². The van der Waals surface area contributed by atoms with E-state index in [0.717, 1.165) is 77.0 Å². The number of hydrogen-bond donors (Lipinski definition) is 3. The molecule has 1 heterocycles. The molecule has 12 nitrogen and oxygen atoms in total. The maximum atomic E-state index is 13.1. The van der Waals surface area contributed by atoms with Crippen molar-refractivity contribution in [3.05, 3.63) is 12.2 Å². The van der Waals surface area contributed by atoms with E-state index in [0.29, 0.717) is 19.3 Å². The second-order valence-electron chi connectivity index (χ2n) is 19.9. The number of rotatable bonds is 49. The third-order valence-electron chi connectivity index (χ3n) is 13.3. The summed E-state index contributed by atoms with van der Waals surface area (Å²) in [6.07, 6.45) is 37.6. The Labute approximate surface area is 420 Å². The van der Waals surface area contributed by atoms with Gasteiger partial charge in [-0.1, -0.05) is 226 Å². The van der Waals surface area contributed by atoms with Crippen LogP contribution in [0.25, 0.3) is 0 Å². The molecule has 0 aromatic heterocycles. The predicted octanol–water partition coefficient (Wildman–Crippen LogP) is 14.1. The lowest BCUT2D eigenvalue weighted by Crippen LogP contribution is -2.61. The first kappa shape index (κ1) is 64.5. The number of allylic oxidation sites excluding steroid dienone is 2. The fourth-order valence-corrected chi connectivity index (χ4v) is 8.89.